The van der Waals surface area contributed by atoms with E-state index in [0.717, 1.165) is 24.8 Å². The number of benzene rings is 2. The van der Waals surface area contributed by atoms with E-state index in [2.05, 4.69) is 90.0 Å². The molecule has 4 rings (SSSR count). The van der Waals surface area contributed by atoms with Gasteiger partial charge in [0.2, 0.25) is 5.82 Å². The lowest BCUT2D eigenvalue weighted by molar-refractivity contribution is -0.932. The maximum atomic E-state index is 4.51. The van der Waals surface area contributed by atoms with E-state index in [0.29, 0.717) is 6.54 Å². The molecule has 1 N–H and O–H groups in total. The Kier molecular flexibility index (Phi) is 5.90. The summed E-state index contributed by atoms with van der Waals surface area (Å²) in [6, 6.07) is 19.4. The summed E-state index contributed by atoms with van der Waals surface area (Å²) in [6.07, 6.45) is 2.50. The lowest BCUT2D eigenvalue weighted by Crippen LogP contribution is -3.13. The van der Waals surface area contributed by atoms with Gasteiger partial charge in [0.15, 0.2) is 6.04 Å². The highest BCUT2D eigenvalue weighted by atomic mass is 15.5. The van der Waals surface area contributed by atoms with Crippen LogP contribution in [0.25, 0.3) is 0 Å². The average molecular weight is 392 g/mol. The molecule has 1 atom stereocenters. The fourth-order valence-electron chi connectivity index (χ4n) is 4.24. The van der Waals surface area contributed by atoms with Gasteiger partial charge in [-0.2, -0.15) is 0 Å². The Morgan fingerprint density at radius 1 is 1.03 bits per heavy atom. The van der Waals surface area contributed by atoms with Crippen molar-refractivity contribution in [3.63, 3.8) is 0 Å². The zero-order chi connectivity index (χ0) is 20.2. The molecular formula is C23H31N6+. The molecule has 1 aliphatic rings. The van der Waals surface area contributed by atoms with Crippen molar-refractivity contribution in [1.29, 1.82) is 0 Å². The number of quaternary nitrogens is 1. The fraction of sp³-hybridized carbons (Fsp3) is 0.435. The van der Waals surface area contributed by atoms with Gasteiger partial charge in [-0.15, -0.1) is 5.10 Å². The normalized spacial score (nSPS) is 20.4. The van der Waals surface area contributed by atoms with Gasteiger partial charge >= 0.3 is 0 Å². The Morgan fingerprint density at radius 2 is 1.72 bits per heavy atom. The van der Waals surface area contributed by atoms with E-state index < -0.39 is 0 Å². The van der Waals surface area contributed by atoms with Crippen molar-refractivity contribution < 1.29 is 4.90 Å². The van der Waals surface area contributed by atoms with Crippen LogP contribution in [0.3, 0.4) is 0 Å². The quantitative estimate of drug-likeness (QED) is 0.700. The Bertz CT molecular complexity index is 895. The van der Waals surface area contributed by atoms with E-state index in [4.69, 9.17) is 0 Å². The smallest absolute Gasteiger partial charge is 0.214 e. The van der Waals surface area contributed by atoms with Gasteiger partial charge < -0.3 is 9.80 Å². The van der Waals surface area contributed by atoms with Crippen LogP contribution in [-0.4, -0.2) is 47.4 Å². The second-order valence-electron chi connectivity index (χ2n) is 8.44. The van der Waals surface area contributed by atoms with Crippen LogP contribution in [0.5, 0.6) is 0 Å². The maximum absolute atomic E-state index is 4.51. The summed E-state index contributed by atoms with van der Waals surface area (Å²) in [7, 11) is 4.15. The summed E-state index contributed by atoms with van der Waals surface area (Å²) in [5.41, 5.74) is 3.70. The molecule has 152 valence electrons. The lowest BCUT2D eigenvalue weighted by Gasteiger charge is -2.33. The molecule has 0 aliphatic carbocycles. The van der Waals surface area contributed by atoms with Crippen LogP contribution < -0.4 is 9.80 Å². The van der Waals surface area contributed by atoms with Gasteiger partial charge in [-0.05, 0) is 46.9 Å². The largest absolute Gasteiger partial charge is 0.378 e. The molecule has 1 fully saturated rings. The number of nitrogens with zero attached hydrogens (tertiary/aromatic N) is 5. The van der Waals surface area contributed by atoms with Crippen LogP contribution in [0, 0.1) is 5.92 Å². The molecule has 0 amide bonds. The first-order chi connectivity index (χ1) is 14.1. The zero-order valence-corrected chi connectivity index (χ0v) is 17.6. The third-order valence-electron chi connectivity index (χ3n) is 6.06. The van der Waals surface area contributed by atoms with Crippen LogP contribution in [0.4, 0.5) is 5.69 Å². The van der Waals surface area contributed by atoms with E-state index in [1.165, 1.54) is 29.7 Å². The summed E-state index contributed by atoms with van der Waals surface area (Å²) >= 11 is 0. The predicted octanol–water partition coefficient (Wildman–Crippen LogP) is 2.19. The summed E-state index contributed by atoms with van der Waals surface area (Å²) in [5.74, 6) is 1.76. The van der Waals surface area contributed by atoms with Crippen LogP contribution in [-0.2, 0) is 6.54 Å². The van der Waals surface area contributed by atoms with E-state index in [1.807, 2.05) is 10.7 Å². The van der Waals surface area contributed by atoms with Crippen molar-refractivity contribution >= 4 is 5.69 Å². The van der Waals surface area contributed by atoms with E-state index >= 15 is 0 Å². The van der Waals surface area contributed by atoms with Gasteiger partial charge in [0, 0.05) is 25.3 Å². The van der Waals surface area contributed by atoms with E-state index in [1.54, 1.807) is 4.90 Å². The number of piperidine rings is 1. The molecule has 1 aliphatic heterocycles. The molecule has 6 heteroatoms. The molecule has 6 nitrogen and oxygen atoms in total. The minimum absolute atomic E-state index is 0.150. The van der Waals surface area contributed by atoms with Gasteiger partial charge in [0.1, 0.15) is 0 Å². The molecule has 1 saturated heterocycles. The second-order valence-corrected chi connectivity index (χ2v) is 8.44. The fourth-order valence-corrected chi connectivity index (χ4v) is 4.24. The Labute approximate surface area is 173 Å². The van der Waals surface area contributed by atoms with Crippen molar-refractivity contribution in [3.05, 3.63) is 71.5 Å². The summed E-state index contributed by atoms with van der Waals surface area (Å²) in [6.45, 7) is 5.36. The topological polar surface area (TPSA) is 51.3 Å². The predicted molar refractivity (Wildman–Crippen MR) is 115 cm³/mol. The molecule has 0 spiro atoms. The van der Waals surface area contributed by atoms with Crippen LogP contribution in [0.2, 0.25) is 0 Å². The third kappa shape index (κ3) is 4.48. The van der Waals surface area contributed by atoms with E-state index in [9.17, 15) is 0 Å². The zero-order valence-electron chi connectivity index (χ0n) is 17.6. The number of anilines is 1. The number of rotatable bonds is 6. The average Bonchev–Trinajstić information content (AvgIpc) is 3.18. The van der Waals surface area contributed by atoms with Crippen molar-refractivity contribution in [1.82, 2.24) is 20.2 Å². The molecule has 0 unspecified atom stereocenters. The van der Waals surface area contributed by atoms with Crippen molar-refractivity contribution in [2.45, 2.75) is 32.4 Å². The van der Waals surface area contributed by atoms with Gasteiger partial charge in [-0.1, -0.05) is 49.4 Å². The monoisotopic (exact) mass is 391 g/mol. The van der Waals surface area contributed by atoms with Crippen LogP contribution >= 0.6 is 0 Å². The molecule has 0 saturated carbocycles. The molecule has 3 aromatic rings. The van der Waals surface area contributed by atoms with E-state index in [-0.39, 0.29) is 6.04 Å². The van der Waals surface area contributed by atoms with Gasteiger partial charge in [0.05, 0.1) is 19.6 Å². The third-order valence-corrected chi connectivity index (χ3v) is 6.06. The standard InChI is InChI=1S/C23H30N6/c1-18-13-15-28(16-14-18)22(20-9-11-21(12-10-20)27(2)3)23-24-25-26-29(23)17-19-7-5-4-6-8-19/h4-12,18,22H,13-17H2,1-3H3/p+1/t22-/m1/s1. The van der Waals surface area contributed by atoms with Crippen molar-refractivity contribution in [2.75, 3.05) is 32.1 Å². The Morgan fingerprint density at radius 3 is 2.38 bits per heavy atom. The Balaban J connectivity index is 1.68. The number of hydrogen-bond donors (Lipinski definition) is 1. The highest BCUT2D eigenvalue weighted by Crippen LogP contribution is 2.22. The van der Waals surface area contributed by atoms with Gasteiger partial charge in [-0.25, -0.2) is 4.68 Å². The number of tetrazole rings is 1. The summed E-state index contributed by atoms with van der Waals surface area (Å²) in [5, 5.41) is 12.9. The summed E-state index contributed by atoms with van der Waals surface area (Å²) < 4.78 is 1.98. The van der Waals surface area contributed by atoms with Gasteiger partial charge in [-0.3, -0.25) is 0 Å². The number of hydrogen-bond acceptors (Lipinski definition) is 4. The van der Waals surface area contributed by atoms with Crippen LogP contribution in [0.1, 0.15) is 42.8 Å². The Hall–Kier alpha value is -2.73. The molecule has 2 aromatic carbocycles. The van der Waals surface area contributed by atoms with Crippen LogP contribution in [0.15, 0.2) is 54.6 Å². The molecule has 0 radical (unpaired) electrons. The minimum Gasteiger partial charge on any atom is -0.378 e. The first-order valence-electron chi connectivity index (χ1n) is 10.5. The molecule has 1 aromatic heterocycles. The maximum Gasteiger partial charge on any atom is 0.214 e. The van der Waals surface area contributed by atoms with Crippen molar-refractivity contribution in [2.24, 2.45) is 5.92 Å². The molecular weight excluding hydrogens is 360 g/mol. The number of likely N-dealkylation sites (tertiary alicyclic amines) is 1. The first-order valence-corrected chi connectivity index (χ1v) is 10.5. The molecule has 2 heterocycles. The molecule has 29 heavy (non-hydrogen) atoms. The first kappa shape index (κ1) is 19.6. The SMILES string of the molecule is CC1CC[NH+]([C@H](c2ccc(N(C)C)cc2)c2nnnn2Cc2ccccc2)CC1. The highest BCUT2D eigenvalue weighted by molar-refractivity contribution is 5.46. The second kappa shape index (κ2) is 8.74. The van der Waals surface area contributed by atoms with Crippen molar-refractivity contribution in [3.8, 4) is 0 Å². The summed E-state index contributed by atoms with van der Waals surface area (Å²) in [4.78, 5) is 3.69. The number of aromatic nitrogens is 4. The van der Waals surface area contributed by atoms with Gasteiger partial charge in [0.25, 0.3) is 0 Å². The molecule has 0 bridgehead atoms. The number of nitrogens with one attached hydrogen (secondary N) is 1. The minimum atomic E-state index is 0.150. The lowest BCUT2D eigenvalue weighted by atomic mass is 9.95. The highest BCUT2D eigenvalue weighted by Gasteiger charge is 2.34.